The van der Waals surface area contributed by atoms with Gasteiger partial charge in [0.15, 0.2) is 0 Å². The van der Waals surface area contributed by atoms with Gasteiger partial charge < -0.3 is 10.7 Å². The van der Waals surface area contributed by atoms with E-state index in [2.05, 4.69) is 16.0 Å². The number of H-pyrrole nitrogens is 1. The van der Waals surface area contributed by atoms with Gasteiger partial charge in [0.25, 0.3) is 5.91 Å². The molecule has 2 aromatic rings. The molecule has 0 saturated heterocycles. The Hall–Kier alpha value is -1.84. The lowest BCUT2D eigenvalue weighted by molar-refractivity contribution is 0.0996. The highest BCUT2D eigenvalue weighted by atomic mass is 16.1. The summed E-state index contributed by atoms with van der Waals surface area (Å²) in [5.41, 5.74) is 9.90. The summed E-state index contributed by atoms with van der Waals surface area (Å²) in [6, 6.07) is 3.83. The van der Waals surface area contributed by atoms with E-state index in [0.29, 0.717) is 5.69 Å². The summed E-state index contributed by atoms with van der Waals surface area (Å²) >= 11 is 0. The van der Waals surface area contributed by atoms with E-state index in [1.54, 1.807) is 6.07 Å². The maximum atomic E-state index is 11.1. The average Bonchev–Trinajstić information content (AvgIpc) is 2.68. The predicted octanol–water partition coefficient (Wildman–Crippen LogP) is 1.54. The van der Waals surface area contributed by atoms with Crippen LogP contribution in [0, 0.1) is 0 Å². The third kappa shape index (κ3) is 1.38. The lowest BCUT2D eigenvalue weighted by Gasteiger charge is -2.13. The fourth-order valence-corrected chi connectivity index (χ4v) is 2.31. The lowest BCUT2D eigenvalue weighted by Crippen LogP contribution is -2.10. The zero-order chi connectivity index (χ0) is 11.1. The second-order valence-corrected chi connectivity index (χ2v) is 4.28. The largest absolute Gasteiger partial charge is 0.364 e. The van der Waals surface area contributed by atoms with E-state index in [1.165, 1.54) is 24.1 Å². The molecule has 2 aromatic heterocycles. The molecule has 0 bridgehead atoms. The van der Waals surface area contributed by atoms with Crippen LogP contribution in [0.3, 0.4) is 0 Å². The minimum absolute atomic E-state index is 0.434. The molecule has 0 unspecified atom stereocenters. The molecule has 3 rings (SSSR count). The minimum atomic E-state index is -0.434. The van der Waals surface area contributed by atoms with Gasteiger partial charge in [-0.2, -0.15) is 0 Å². The molecule has 0 aliphatic heterocycles. The van der Waals surface area contributed by atoms with Gasteiger partial charge in [-0.3, -0.25) is 9.78 Å². The Morgan fingerprint density at radius 1 is 1.31 bits per heavy atom. The third-order valence-corrected chi connectivity index (χ3v) is 3.15. The molecule has 82 valence electrons. The zero-order valence-electron chi connectivity index (χ0n) is 8.92. The first kappa shape index (κ1) is 9.39. The Morgan fingerprint density at radius 3 is 2.94 bits per heavy atom. The summed E-state index contributed by atoms with van der Waals surface area (Å²) < 4.78 is 0. The zero-order valence-corrected chi connectivity index (χ0v) is 8.92. The fourth-order valence-electron chi connectivity index (χ4n) is 2.31. The van der Waals surface area contributed by atoms with Gasteiger partial charge in [-0.15, -0.1) is 0 Å². The highest BCUT2D eigenvalue weighted by Gasteiger charge is 2.14. The topological polar surface area (TPSA) is 71.8 Å². The Labute approximate surface area is 92.9 Å². The number of nitrogens with two attached hydrogens (primary N) is 1. The molecule has 0 fully saturated rings. The number of nitrogens with one attached hydrogen (secondary N) is 1. The van der Waals surface area contributed by atoms with Crippen molar-refractivity contribution in [1.29, 1.82) is 0 Å². The van der Waals surface area contributed by atoms with E-state index in [1.807, 2.05) is 0 Å². The number of pyridine rings is 1. The number of carbonyl (C=O) groups is 1. The Morgan fingerprint density at radius 2 is 2.12 bits per heavy atom. The van der Waals surface area contributed by atoms with Crippen molar-refractivity contribution in [3.63, 3.8) is 0 Å². The summed E-state index contributed by atoms with van der Waals surface area (Å²) in [4.78, 5) is 18.6. The number of primary amides is 1. The summed E-state index contributed by atoms with van der Waals surface area (Å²) in [6.45, 7) is 0. The van der Waals surface area contributed by atoms with E-state index in [-0.39, 0.29) is 0 Å². The smallest absolute Gasteiger partial charge is 0.265 e. The van der Waals surface area contributed by atoms with E-state index < -0.39 is 5.91 Å². The third-order valence-electron chi connectivity index (χ3n) is 3.15. The second kappa shape index (κ2) is 3.33. The van der Waals surface area contributed by atoms with E-state index in [9.17, 15) is 4.79 Å². The monoisotopic (exact) mass is 215 g/mol. The molecule has 4 heteroatoms. The van der Waals surface area contributed by atoms with Gasteiger partial charge in [0, 0.05) is 5.69 Å². The van der Waals surface area contributed by atoms with Crippen LogP contribution in [0.2, 0.25) is 0 Å². The maximum Gasteiger partial charge on any atom is 0.265 e. The number of carbonyl (C=O) groups excluding carboxylic acids is 1. The molecule has 0 spiro atoms. The SMILES string of the molecule is NC(=O)c1cc2nc3c(cc2[nH]1)CCCC3. The van der Waals surface area contributed by atoms with Crippen molar-refractivity contribution in [3.8, 4) is 0 Å². The van der Waals surface area contributed by atoms with Crippen LogP contribution in [0.25, 0.3) is 11.0 Å². The summed E-state index contributed by atoms with van der Waals surface area (Å²) in [5.74, 6) is -0.434. The van der Waals surface area contributed by atoms with Gasteiger partial charge in [-0.05, 0) is 43.4 Å². The maximum absolute atomic E-state index is 11.1. The Kier molecular flexibility index (Phi) is 1.96. The number of hydrogen-bond donors (Lipinski definition) is 2. The van der Waals surface area contributed by atoms with Crippen LogP contribution in [0.4, 0.5) is 0 Å². The van der Waals surface area contributed by atoms with E-state index >= 15 is 0 Å². The average molecular weight is 215 g/mol. The first-order chi connectivity index (χ1) is 7.74. The molecule has 1 amide bonds. The standard InChI is InChI=1S/C12H13N3O/c13-12(16)11-6-10-9(15-11)5-7-3-1-2-4-8(7)14-10/h5-6,15H,1-4H2,(H2,13,16). The first-order valence-electron chi connectivity index (χ1n) is 5.55. The van der Waals surface area contributed by atoms with Crippen LogP contribution in [-0.2, 0) is 12.8 Å². The predicted molar refractivity (Wildman–Crippen MR) is 61.3 cm³/mol. The van der Waals surface area contributed by atoms with Crippen LogP contribution in [-0.4, -0.2) is 15.9 Å². The number of fused-ring (bicyclic) bond motifs is 2. The second-order valence-electron chi connectivity index (χ2n) is 4.28. The molecule has 0 radical (unpaired) electrons. The van der Waals surface area contributed by atoms with Crippen LogP contribution in [0.1, 0.15) is 34.6 Å². The Bertz CT molecular complexity index is 528. The highest BCUT2D eigenvalue weighted by molar-refractivity contribution is 5.96. The summed E-state index contributed by atoms with van der Waals surface area (Å²) in [5, 5.41) is 0. The van der Waals surface area contributed by atoms with Crippen molar-refractivity contribution in [1.82, 2.24) is 9.97 Å². The van der Waals surface area contributed by atoms with Gasteiger partial charge in [-0.1, -0.05) is 0 Å². The molecule has 0 atom stereocenters. The molecule has 2 heterocycles. The van der Waals surface area contributed by atoms with Crippen molar-refractivity contribution in [2.45, 2.75) is 25.7 Å². The number of aromatic nitrogens is 2. The molecule has 16 heavy (non-hydrogen) atoms. The van der Waals surface area contributed by atoms with E-state index in [0.717, 1.165) is 23.9 Å². The highest BCUT2D eigenvalue weighted by Crippen LogP contribution is 2.23. The number of aromatic amines is 1. The lowest BCUT2D eigenvalue weighted by atomic mass is 9.96. The minimum Gasteiger partial charge on any atom is -0.364 e. The van der Waals surface area contributed by atoms with Crippen molar-refractivity contribution in [2.24, 2.45) is 5.73 Å². The summed E-state index contributed by atoms with van der Waals surface area (Å²) in [6.07, 6.45) is 4.56. The van der Waals surface area contributed by atoms with Crippen molar-refractivity contribution >= 4 is 16.9 Å². The molecular formula is C12H13N3O. The van der Waals surface area contributed by atoms with Crippen molar-refractivity contribution in [2.75, 3.05) is 0 Å². The van der Waals surface area contributed by atoms with Crippen LogP contribution in [0.15, 0.2) is 12.1 Å². The van der Waals surface area contributed by atoms with Crippen molar-refractivity contribution in [3.05, 3.63) is 29.1 Å². The van der Waals surface area contributed by atoms with Crippen LogP contribution < -0.4 is 5.73 Å². The number of amides is 1. The number of hydrogen-bond acceptors (Lipinski definition) is 2. The molecule has 1 aliphatic rings. The van der Waals surface area contributed by atoms with Gasteiger partial charge in [0.05, 0.1) is 11.0 Å². The quantitative estimate of drug-likeness (QED) is 0.757. The van der Waals surface area contributed by atoms with Gasteiger partial charge in [0.2, 0.25) is 0 Å². The van der Waals surface area contributed by atoms with Gasteiger partial charge in [-0.25, -0.2) is 0 Å². The van der Waals surface area contributed by atoms with Crippen molar-refractivity contribution < 1.29 is 4.79 Å². The Balaban J connectivity index is 2.20. The summed E-state index contributed by atoms with van der Waals surface area (Å²) in [7, 11) is 0. The number of rotatable bonds is 1. The fraction of sp³-hybridized carbons (Fsp3) is 0.333. The van der Waals surface area contributed by atoms with Gasteiger partial charge >= 0.3 is 0 Å². The molecule has 1 aliphatic carbocycles. The normalized spacial score (nSPS) is 15.0. The van der Waals surface area contributed by atoms with Gasteiger partial charge in [0.1, 0.15) is 5.69 Å². The van der Waals surface area contributed by atoms with E-state index in [4.69, 9.17) is 5.73 Å². The molecule has 3 N–H and O–H groups in total. The molecular weight excluding hydrogens is 202 g/mol. The first-order valence-corrected chi connectivity index (χ1v) is 5.55. The number of nitrogens with zero attached hydrogens (tertiary/aromatic N) is 1. The molecule has 4 nitrogen and oxygen atoms in total. The molecule has 0 saturated carbocycles. The van der Waals surface area contributed by atoms with Crippen LogP contribution >= 0.6 is 0 Å². The van der Waals surface area contributed by atoms with Crippen LogP contribution in [0.5, 0.6) is 0 Å². The molecule has 0 aromatic carbocycles. The number of aryl methyl sites for hydroxylation is 2.